The van der Waals surface area contributed by atoms with Crippen molar-refractivity contribution in [1.82, 2.24) is 0 Å². The van der Waals surface area contributed by atoms with Gasteiger partial charge in [-0.3, -0.25) is 0 Å². The second-order valence-electron chi connectivity index (χ2n) is 8.09. The van der Waals surface area contributed by atoms with E-state index in [0.29, 0.717) is 26.4 Å². The van der Waals surface area contributed by atoms with Crippen molar-refractivity contribution >= 4 is 0 Å². The molecular weight excluding hydrogens is 448 g/mol. The number of hydrogen-bond acceptors (Lipinski definition) is 4. The molecule has 0 aliphatic carbocycles. The summed E-state index contributed by atoms with van der Waals surface area (Å²) in [5, 5.41) is 0. The molecule has 0 fully saturated rings. The number of benzene rings is 4. The first kappa shape index (κ1) is 25.2. The van der Waals surface area contributed by atoms with E-state index in [1.54, 1.807) is 0 Å². The Morgan fingerprint density at radius 2 is 0.917 bits per heavy atom. The minimum Gasteiger partial charge on any atom is -0.494 e. The monoisotopic (exact) mass is 481 g/mol. The Hall–Kier alpha value is -3.92. The van der Waals surface area contributed by atoms with Crippen LogP contribution in [0.2, 0.25) is 0 Å². The van der Waals surface area contributed by atoms with E-state index < -0.39 is 0 Å². The molecule has 0 aromatic heterocycles. The van der Waals surface area contributed by atoms with Gasteiger partial charge in [0.05, 0.1) is 26.4 Å². The SMILES string of the molecule is CCOc1ccc(-c2[c]cc(-c3ccc(OCC)cc3)c(OCC)c2-c2ccc(OCC)cc2)cc1. The van der Waals surface area contributed by atoms with Crippen molar-refractivity contribution in [3.05, 3.63) is 84.9 Å². The molecule has 36 heavy (non-hydrogen) atoms. The molecule has 4 heteroatoms. The molecule has 185 valence electrons. The third-order valence-corrected chi connectivity index (χ3v) is 5.76. The van der Waals surface area contributed by atoms with Crippen molar-refractivity contribution in [2.75, 3.05) is 26.4 Å². The highest BCUT2D eigenvalue weighted by Crippen LogP contribution is 2.45. The van der Waals surface area contributed by atoms with Crippen LogP contribution >= 0.6 is 0 Å². The predicted molar refractivity (Wildman–Crippen MR) is 146 cm³/mol. The van der Waals surface area contributed by atoms with E-state index in [-0.39, 0.29) is 0 Å². The van der Waals surface area contributed by atoms with E-state index in [9.17, 15) is 0 Å². The third-order valence-electron chi connectivity index (χ3n) is 5.76. The predicted octanol–water partition coefficient (Wildman–Crippen LogP) is 8.08. The highest BCUT2D eigenvalue weighted by molar-refractivity contribution is 5.93. The molecule has 4 rings (SSSR count). The second kappa shape index (κ2) is 12.2. The molecule has 0 heterocycles. The summed E-state index contributed by atoms with van der Waals surface area (Å²) in [4.78, 5) is 0. The highest BCUT2D eigenvalue weighted by atomic mass is 16.5. The normalized spacial score (nSPS) is 10.7. The first-order chi connectivity index (χ1) is 17.7. The van der Waals surface area contributed by atoms with Crippen molar-refractivity contribution in [2.24, 2.45) is 0 Å². The van der Waals surface area contributed by atoms with E-state index in [1.807, 2.05) is 70.2 Å². The molecule has 0 aliphatic rings. The number of rotatable bonds is 11. The van der Waals surface area contributed by atoms with Gasteiger partial charge < -0.3 is 18.9 Å². The molecular formula is C32H33O4. The Bertz CT molecular complexity index is 1240. The van der Waals surface area contributed by atoms with Crippen molar-refractivity contribution in [3.8, 4) is 56.4 Å². The van der Waals surface area contributed by atoms with Gasteiger partial charge in [0.2, 0.25) is 0 Å². The third kappa shape index (κ3) is 5.65. The zero-order valence-electron chi connectivity index (χ0n) is 21.5. The minimum atomic E-state index is 0.542. The van der Waals surface area contributed by atoms with Crippen molar-refractivity contribution in [3.63, 3.8) is 0 Å². The molecule has 0 saturated carbocycles. The molecule has 0 atom stereocenters. The van der Waals surface area contributed by atoms with Crippen molar-refractivity contribution in [2.45, 2.75) is 27.7 Å². The van der Waals surface area contributed by atoms with Crippen LogP contribution in [0.1, 0.15) is 27.7 Å². The molecule has 0 unspecified atom stereocenters. The fourth-order valence-corrected chi connectivity index (χ4v) is 4.21. The van der Waals surface area contributed by atoms with Crippen molar-refractivity contribution < 1.29 is 18.9 Å². The lowest BCUT2D eigenvalue weighted by Gasteiger charge is -2.20. The highest BCUT2D eigenvalue weighted by Gasteiger charge is 2.19. The largest absolute Gasteiger partial charge is 0.494 e. The molecule has 0 bridgehead atoms. The van der Waals surface area contributed by atoms with Crippen LogP contribution in [0.5, 0.6) is 23.0 Å². The molecule has 0 aliphatic heterocycles. The van der Waals surface area contributed by atoms with Gasteiger partial charge in [0.1, 0.15) is 23.0 Å². The van der Waals surface area contributed by atoms with Crippen LogP contribution < -0.4 is 18.9 Å². The van der Waals surface area contributed by atoms with E-state index in [0.717, 1.165) is 56.4 Å². The zero-order valence-corrected chi connectivity index (χ0v) is 21.5. The topological polar surface area (TPSA) is 36.9 Å². The number of hydrogen-bond donors (Lipinski definition) is 0. The molecule has 4 aromatic rings. The van der Waals surface area contributed by atoms with Crippen LogP contribution in [0, 0.1) is 6.07 Å². The maximum Gasteiger partial charge on any atom is 0.135 e. The summed E-state index contributed by atoms with van der Waals surface area (Å²) in [6.45, 7) is 10.4. The van der Waals surface area contributed by atoms with E-state index in [2.05, 4.69) is 42.5 Å². The lowest BCUT2D eigenvalue weighted by Crippen LogP contribution is -2.00. The average molecular weight is 482 g/mol. The fourth-order valence-electron chi connectivity index (χ4n) is 4.21. The Morgan fingerprint density at radius 3 is 1.36 bits per heavy atom. The number of ether oxygens (including phenoxy) is 4. The summed E-state index contributed by atoms with van der Waals surface area (Å²) in [5.74, 6) is 3.36. The van der Waals surface area contributed by atoms with Gasteiger partial charge in [0, 0.05) is 16.7 Å². The van der Waals surface area contributed by atoms with Crippen LogP contribution in [0.4, 0.5) is 0 Å². The van der Waals surface area contributed by atoms with Crippen LogP contribution in [-0.4, -0.2) is 26.4 Å². The fraction of sp³-hybridized carbons (Fsp3) is 0.250. The molecule has 0 spiro atoms. The summed E-state index contributed by atoms with van der Waals surface area (Å²) in [6.07, 6.45) is 0. The molecule has 4 aromatic carbocycles. The molecule has 0 N–H and O–H groups in total. The Morgan fingerprint density at radius 1 is 0.500 bits per heavy atom. The quantitative estimate of drug-likeness (QED) is 0.217. The molecule has 4 nitrogen and oxygen atoms in total. The average Bonchev–Trinajstić information content (AvgIpc) is 2.91. The summed E-state index contributed by atoms with van der Waals surface area (Å²) < 4.78 is 23.3. The summed E-state index contributed by atoms with van der Waals surface area (Å²) in [6, 6.07) is 30.0. The maximum absolute atomic E-state index is 6.35. The second-order valence-corrected chi connectivity index (χ2v) is 8.09. The Kier molecular flexibility index (Phi) is 8.51. The zero-order chi connectivity index (χ0) is 25.3. The minimum absolute atomic E-state index is 0.542. The summed E-state index contributed by atoms with van der Waals surface area (Å²) >= 11 is 0. The van der Waals surface area contributed by atoms with E-state index in [4.69, 9.17) is 18.9 Å². The smallest absolute Gasteiger partial charge is 0.135 e. The van der Waals surface area contributed by atoms with Crippen molar-refractivity contribution in [1.29, 1.82) is 0 Å². The molecule has 1 radical (unpaired) electrons. The van der Waals surface area contributed by atoms with Gasteiger partial charge in [0.25, 0.3) is 0 Å². The first-order valence-electron chi connectivity index (χ1n) is 12.6. The summed E-state index contributed by atoms with van der Waals surface area (Å²) in [7, 11) is 0. The van der Waals surface area contributed by atoms with Gasteiger partial charge in [-0.15, -0.1) is 0 Å². The van der Waals surface area contributed by atoms with Gasteiger partial charge in [0.15, 0.2) is 0 Å². The maximum atomic E-state index is 6.35. The van der Waals surface area contributed by atoms with Gasteiger partial charge >= 0.3 is 0 Å². The Labute approximate surface area is 214 Å². The summed E-state index contributed by atoms with van der Waals surface area (Å²) in [5.41, 5.74) is 6.08. The van der Waals surface area contributed by atoms with E-state index >= 15 is 0 Å². The molecule has 0 saturated heterocycles. The van der Waals surface area contributed by atoms with Gasteiger partial charge in [-0.05, 0) is 92.9 Å². The van der Waals surface area contributed by atoms with Gasteiger partial charge in [-0.1, -0.05) is 36.4 Å². The Balaban J connectivity index is 1.89. The van der Waals surface area contributed by atoms with E-state index in [1.165, 1.54) is 0 Å². The van der Waals surface area contributed by atoms with Gasteiger partial charge in [-0.25, -0.2) is 0 Å². The van der Waals surface area contributed by atoms with Gasteiger partial charge in [-0.2, -0.15) is 0 Å². The van der Waals surface area contributed by atoms with Crippen LogP contribution in [0.15, 0.2) is 78.9 Å². The first-order valence-corrected chi connectivity index (χ1v) is 12.6. The van der Waals surface area contributed by atoms with Crippen LogP contribution in [0.3, 0.4) is 0 Å². The standard InChI is InChI=1S/C32H33O4/c1-5-33-26-15-9-23(10-16-26)29-21-22-30(24-11-17-27(18-12-24)34-6-2)32(36-8-4)31(29)25-13-19-28(20-14-25)35-7-3/h9-20,22H,5-8H2,1-4H3. The lowest BCUT2D eigenvalue weighted by molar-refractivity contribution is 0.339. The lowest BCUT2D eigenvalue weighted by atomic mass is 9.89. The van der Waals surface area contributed by atoms with Crippen LogP contribution in [-0.2, 0) is 0 Å². The molecule has 0 amide bonds. The van der Waals surface area contributed by atoms with Crippen LogP contribution in [0.25, 0.3) is 33.4 Å².